The molecule has 0 N–H and O–H groups in total. The predicted octanol–water partition coefficient (Wildman–Crippen LogP) is 2.43. The van der Waals surface area contributed by atoms with Gasteiger partial charge in [-0.15, -0.1) is 0 Å². The summed E-state index contributed by atoms with van der Waals surface area (Å²) >= 11 is 3.43. The quantitative estimate of drug-likeness (QED) is 0.614. The number of rotatable bonds is 3. The zero-order valence-electron chi connectivity index (χ0n) is 8.31. The fourth-order valence-corrected chi connectivity index (χ4v) is 1.85. The van der Waals surface area contributed by atoms with Crippen LogP contribution >= 0.6 is 15.9 Å². The van der Waals surface area contributed by atoms with Gasteiger partial charge in [-0.05, 0) is 18.2 Å². The molecule has 0 radical (unpaired) electrons. The van der Waals surface area contributed by atoms with Crippen LogP contribution in [0, 0.1) is 0 Å². The van der Waals surface area contributed by atoms with E-state index in [4.69, 9.17) is 0 Å². The third kappa shape index (κ3) is 2.63. The van der Waals surface area contributed by atoms with Crippen molar-refractivity contribution in [1.29, 1.82) is 0 Å². The molecule has 0 unspecified atom stereocenters. The van der Waals surface area contributed by atoms with E-state index in [9.17, 15) is 0 Å². The molecule has 2 heterocycles. The smallest absolute Gasteiger partial charge is 0.178 e. The van der Waals surface area contributed by atoms with Gasteiger partial charge in [0.2, 0.25) is 0 Å². The van der Waals surface area contributed by atoms with Gasteiger partial charge in [0.25, 0.3) is 0 Å². The number of pyridine rings is 2. The average molecular weight is 264 g/mol. The largest absolute Gasteiger partial charge is 0.256 e. The molecule has 0 atom stereocenters. The van der Waals surface area contributed by atoms with Crippen molar-refractivity contribution < 1.29 is 4.57 Å². The molecule has 0 spiro atoms. The molecule has 2 rings (SSSR count). The Hall–Kier alpha value is -1.22. The number of nitrogens with zero attached hydrogens (tertiary/aromatic N) is 2. The van der Waals surface area contributed by atoms with Crippen molar-refractivity contribution >= 4 is 15.9 Å². The van der Waals surface area contributed by atoms with Gasteiger partial charge in [0.1, 0.15) is 0 Å². The molecule has 0 aliphatic carbocycles. The van der Waals surface area contributed by atoms with Gasteiger partial charge < -0.3 is 0 Å². The van der Waals surface area contributed by atoms with Gasteiger partial charge in [0.05, 0.1) is 16.6 Å². The fourth-order valence-electron chi connectivity index (χ4n) is 1.44. The third-order valence-corrected chi connectivity index (χ3v) is 2.52. The van der Waals surface area contributed by atoms with Gasteiger partial charge in [0.15, 0.2) is 18.9 Å². The van der Waals surface area contributed by atoms with E-state index >= 15 is 0 Å². The van der Waals surface area contributed by atoms with Gasteiger partial charge in [-0.2, -0.15) is 0 Å². The second-order valence-corrected chi connectivity index (χ2v) is 4.03. The van der Waals surface area contributed by atoms with Gasteiger partial charge in [-0.25, -0.2) is 4.57 Å². The van der Waals surface area contributed by atoms with Crippen molar-refractivity contribution in [3.05, 3.63) is 48.9 Å². The lowest BCUT2D eigenvalue weighted by atomic mass is 10.2. The standard InChI is InChI=1S/C12H12BrN2/c13-6-9-15-8-3-4-11(10-15)12-5-1-2-7-14-12/h1-5,7-8,10H,6,9H2/q+1. The SMILES string of the molecule is BrCC[n+]1cccc(-c2ccccn2)c1. The Bertz CT molecular complexity index is 429. The molecule has 2 nitrogen and oxygen atoms in total. The monoisotopic (exact) mass is 263 g/mol. The second kappa shape index (κ2) is 5.03. The topological polar surface area (TPSA) is 16.8 Å². The summed E-state index contributed by atoms with van der Waals surface area (Å²) in [5.41, 5.74) is 2.17. The first-order valence-electron chi connectivity index (χ1n) is 4.86. The molecule has 0 saturated carbocycles. The molecule has 2 aromatic rings. The third-order valence-electron chi connectivity index (χ3n) is 2.16. The zero-order valence-corrected chi connectivity index (χ0v) is 9.89. The highest BCUT2D eigenvalue weighted by Gasteiger charge is 2.04. The summed E-state index contributed by atoms with van der Waals surface area (Å²) < 4.78 is 2.15. The minimum absolute atomic E-state index is 0.962. The molecule has 2 aromatic heterocycles. The summed E-state index contributed by atoms with van der Waals surface area (Å²) in [7, 11) is 0. The van der Waals surface area contributed by atoms with Crippen LogP contribution in [-0.2, 0) is 6.54 Å². The molecular formula is C12H12BrN2+. The van der Waals surface area contributed by atoms with Gasteiger partial charge >= 0.3 is 0 Å². The highest BCUT2D eigenvalue weighted by Crippen LogP contribution is 2.12. The summed E-state index contributed by atoms with van der Waals surface area (Å²) in [5, 5.41) is 0.962. The lowest BCUT2D eigenvalue weighted by Gasteiger charge is -1.98. The van der Waals surface area contributed by atoms with Crippen LogP contribution in [0.5, 0.6) is 0 Å². The highest BCUT2D eigenvalue weighted by molar-refractivity contribution is 9.09. The number of halogens is 1. The maximum Gasteiger partial charge on any atom is 0.178 e. The minimum atomic E-state index is 0.962. The van der Waals surface area contributed by atoms with E-state index in [1.165, 1.54) is 0 Å². The minimum Gasteiger partial charge on any atom is -0.256 e. The fraction of sp³-hybridized carbons (Fsp3) is 0.167. The van der Waals surface area contributed by atoms with E-state index in [0.29, 0.717) is 0 Å². The van der Waals surface area contributed by atoms with E-state index in [-0.39, 0.29) is 0 Å². The predicted molar refractivity (Wildman–Crippen MR) is 63.7 cm³/mol. The van der Waals surface area contributed by atoms with Crippen LogP contribution in [0.15, 0.2) is 48.9 Å². The Balaban J connectivity index is 2.33. The number of hydrogen-bond donors (Lipinski definition) is 0. The van der Waals surface area contributed by atoms with Gasteiger partial charge in [-0.1, -0.05) is 22.0 Å². The van der Waals surface area contributed by atoms with Crippen molar-refractivity contribution in [3.8, 4) is 11.3 Å². The molecule has 0 aliphatic rings. The molecule has 0 aliphatic heterocycles. The van der Waals surface area contributed by atoms with Crippen LogP contribution in [0.1, 0.15) is 0 Å². The summed E-state index contributed by atoms with van der Waals surface area (Å²) in [6.45, 7) is 0.973. The van der Waals surface area contributed by atoms with Gasteiger partial charge in [-0.3, -0.25) is 4.98 Å². The van der Waals surface area contributed by atoms with Crippen molar-refractivity contribution in [2.24, 2.45) is 0 Å². The van der Waals surface area contributed by atoms with E-state index < -0.39 is 0 Å². The Morgan fingerprint density at radius 1 is 1.20 bits per heavy atom. The van der Waals surface area contributed by atoms with Crippen LogP contribution in [0.25, 0.3) is 11.3 Å². The lowest BCUT2D eigenvalue weighted by Crippen LogP contribution is -2.33. The molecule has 76 valence electrons. The zero-order chi connectivity index (χ0) is 10.5. The van der Waals surface area contributed by atoms with E-state index in [2.05, 4.69) is 43.9 Å². The van der Waals surface area contributed by atoms with Crippen molar-refractivity contribution in [2.75, 3.05) is 5.33 Å². The Morgan fingerprint density at radius 3 is 2.87 bits per heavy atom. The molecule has 0 amide bonds. The molecule has 3 heteroatoms. The molecule has 0 fully saturated rings. The Labute approximate surface area is 97.7 Å². The molecule has 0 saturated heterocycles. The average Bonchev–Trinajstić information content (AvgIpc) is 2.31. The molecule has 0 bridgehead atoms. The molecule has 15 heavy (non-hydrogen) atoms. The highest BCUT2D eigenvalue weighted by atomic mass is 79.9. The van der Waals surface area contributed by atoms with Crippen LogP contribution in [0.3, 0.4) is 0 Å². The van der Waals surface area contributed by atoms with Crippen molar-refractivity contribution in [1.82, 2.24) is 4.98 Å². The number of hydrogen-bond acceptors (Lipinski definition) is 1. The first-order valence-corrected chi connectivity index (χ1v) is 5.99. The van der Waals surface area contributed by atoms with E-state index in [1.807, 2.05) is 30.5 Å². The van der Waals surface area contributed by atoms with Crippen LogP contribution < -0.4 is 4.57 Å². The second-order valence-electron chi connectivity index (χ2n) is 3.23. The first kappa shape index (κ1) is 10.3. The van der Waals surface area contributed by atoms with Crippen LogP contribution in [-0.4, -0.2) is 10.3 Å². The summed E-state index contributed by atoms with van der Waals surface area (Å²) in [6.07, 6.45) is 5.99. The number of aromatic nitrogens is 2. The summed E-state index contributed by atoms with van der Waals surface area (Å²) in [4.78, 5) is 4.33. The van der Waals surface area contributed by atoms with Crippen molar-refractivity contribution in [2.45, 2.75) is 6.54 Å². The summed E-state index contributed by atoms with van der Waals surface area (Å²) in [5.74, 6) is 0. The van der Waals surface area contributed by atoms with Crippen LogP contribution in [0.2, 0.25) is 0 Å². The van der Waals surface area contributed by atoms with Gasteiger partial charge in [0, 0.05) is 12.3 Å². The number of alkyl halides is 1. The van der Waals surface area contributed by atoms with E-state index in [1.54, 1.807) is 0 Å². The normalized spacial score (nSPS) is 10.2. The van der Waals surface area contributed by atoms with Crippen LogP contribution in [0.4, 0.5) is 0 Å². The molecule has 0 aromatic carbocycles. The number of aryl methyl sites for hydroxylation is 1. The first-order chi connectivity index (χ1) is 7.40. The lowest BCUT2D eigenvalue weighted by molar-refractivity contribution is -0.691. The maximum atomic E-state index is 4.33. The maximum absolute atomic E-state index is 4.33. The Morgan fingerprint density at radius 2 is 2.13 bits per heavy atom. The Kier molecular flexibility index (Phi) is 3.45. The van der Waals surface area contributed by atoms with Crippen molar-refractivity contribution in [3.63, 3.8) is 0 Å². The van der Waals surface area contributed by atoms with E-state index in [0.717, 1.165) is 23.1 Å². The molecular weight excluding hydrogens is 252 g/mol. The summed E-state index contributed by atoms with van der Waals surface area (Å²) in [6, 6.07) is 10.1.